The van der Waals surface area contributed by atoms with E-state index >= 15 is 0 Å². The lowest BCUT2D eigenvalue weighted by Crippen LogP contribution is -2.64. The molecule has 0 aromatic carbocycles. The van der Waals surface area contributed by atoms with Crippen LogP contribution in [-0.2, 0) is 0 Å². The SMILES string of the molecule is CC(C)CC1(C(C)(C)C)CC(O)CCN1C(=O)O. The van der Waals surface area contributed by atoms with Gasteiger partial charge in [0.15, 0.2) is 0 Å². The van der Waals surface area contributed by atoms with E-state index in [0.717, 1.165) is 6.42 Å². The Kier molecular flexibility index (Phi) is 4.31. The summed E-state index contributed by atoms with van der Waals surface area (Å²) in [6.07, 6.45) is 0.624. The molecular formula is C14H27NO3. The van der Waals surface area contributed by atoms with Gasteiger partial charge in [-0.2, -0.15) is 0 Å². The molecule has 1 saturated heterocycles. The van der Waals surface area contributed by atoms with Crippen molar-refractivity contribution in [2.45, 2.75) is 65.5 Å². The summed E-state index contributed by atoms with van der Waals surface area (Å²) in [4.78, 5) is 13.1. The Labute approximate surface area is 110 Å². The molecule has 4 nitrogen and oxygen atoms in total. The molecule has 0 saturated carbocycles. The minimum Gasteiger partial charge on any atom is -0.465 e. The van der Waals surface area contributed by atoms with Crippen LogP contribution >= 0.6 is 0 Å². The molecule has 0 radical (unpaired) electrons. The Morgan fingerprint density at radius 3 is 2.39 bits per heavy atom. The van der Waals surface area contributed by atoms with Crippen LogP contribution in [0, 0.1) is 11.3 Å². The topological polar surface area (TPSA) is 60.8 Å². The summed E-state index contributed by atoms with van der Waals surface area (Å²) in [5, 5.41) is 19.5. The van der Waals surface area contributed by atoms with Crippen molar-refractivity contribution in [3.8, 4) is 0 Å². The lowest BCUT2D eigenvalue weighted by Gasteiger charge is -2.55. The number of hydrogen-bond acceptors (Lipinski definition) is 2. The maximum Gasteiger partial charge on any atom is 0.407 e. The second-order valence-electron chi connectivity index (χ2n) is 6.96. The summed E-state index contributed by atoms with van der Waals surface area (Å²) < 4.78 is 0. The summed E-state index contributed by atoms with van der Waals surface area (Å²) >= 11 is 0. The molecule has 1 rings (SSSR count). The van der Waals surface area contributed by atoms with Gasteiger partial charge in [-0.25, -0.2) is 4.79 Å². The third kappa shape index (κ3) is 2.79. The standard InChI is InChI=1S/C14H27NO3/c1-10(2)8-14(13(3,4)5)9-11(16)6-7-15(14)12(17)18/h10-11,16H,6-9H2,1-5H3,(H,17,18). The highest BCUT2D eigenvalue weighted by atomic mass is 16.4. The van der Waals surface area contributed by atoms with Crippen molar-refractivity contribution >= 4 is 6.09 Å². The average Bonchev–Trinajstić information content (AvgIpc) is 2.13. The molecule has 0 bridgehead atoms. The molecule has 1 amide bonds. The van der Waals surface area contributed by atoms with Crippen LogP contribution in [-0.4, -0.2) is 39.4 Å². The van der Waals surface area contributed by atoms with E-state index in [0.29, 0.717) is 25.3 Å². The molecule has 1 aliphatic heterocycles. The van der Waals surface area contributed by atoms with Gasteiger partial charge in [0.2, 0.25) is 0 Å². The number of nitrogens with zero attached hydrogens (tertiary/aromatic N) is 1. The Morgan fingerprint density at radius 1 is 1.44 bits per heavy atom. The number of hydrogen-bond donors (Lipinski definition) is 2. The number of carbonyl (C=O) groups is 1. The van der Waals surface area contributed by atoms with Crippen molar-refractivity contribution in [3.05, 3.63) is 0 Å². The van der Waals surface area contributed by atoms with Crippen LogP contribution in [0.4, 0.5) is 4.79 Å². The van der Waals surface area contributed by atoms with Gasteiger partial charge in [0.25, 0.3) is 0 Å². The van der Waals surface area contributed by atoms with Gasteiger partial charge in [-0.15, -0.1) is 0 Å². The van der Waals surface area contributed by atoms with E-state index in [1.54, 1.807) is 4.90 Å². The lowest BCUT2D eigenvalue weighted by molar-refractivity contribution is -0.0770. The molecule has 2 N–H and O–H groups in total. The Balaban J connectivity index is 3.20. The number of amides is 1. The molecule has 0 spiro atoms. The molecule has 1 heterocycles. The van der Waals surface area contributed by atoms with E-state index in [1.807, 2.05) is 0 Å². The Bertz CT molecular complexity index is 305. The lowest BCUT2D eigenvalue weighted by atomic mass is 9.64. The van der Waals surface area contributed by atoms with Crippen LogP contribution in [0.5, 0.6) is 0 Å². The maximum atomic E-state index is 11.5. The fourth-order valence-corrected chi connectivity index (χ4v) is 3.26. The summed E-state index contributed by atoms with van der Waals surface area (Å²) in [7, 11) is 0. The molecule has 0 aromatic heterocycles. The Morgan fingerprint density at radius 2 is 2.00 bits per heavy atom. The molecule has 0 aromatic rings. The number of likely N-dealkylation sites (tertiary alicyclic amines) is 1. The molecule has 2 atom stereocenters. The summed E-state index contributed by atoms with van der Waals surface area (Å²) in [5.74, 6) is 0.399. The minimum atomic E-state index is -0.863. The first-order valence-electron chi connectivity index (χ1n) is 6.79. The molecule has 0 aliphatic carbocycles. The van der Waals surface area contributed by atoms with E-state index in [1.165, 1.54) is 0 Å². The van der Waals surface area contributed by atoms with Gasteiger partial charge in [0.1, 0.15) is 0 Å². The third-order valence-electron chi connectivity index (χ3n) is 4.15. The molecule has 2 unspecified atom stereocenters. The van der Waals surface area contributed by atoms with Crippen molar-refractivity contribution in [2.24, 2.45) is 11.3 Å². The zero-order chi connectivity index (χ0) is 14.1. The predicted molar refractivity (Wildman–Crippen MR) is 71.6 cm³/mol. The van der Waals surface area contributed by atoms with Crippen molar-refractivity contribution in [1.82, 2.24) is 4.90 Å². The van der Waals surface area contributed by atoms with Gasteiger partial charge in [0.05, 0.1) is 11.6 Å². The Hall–Kier alpha value is -0.770. The molecule has 1 aliphatic rings. The first-order chi connectivity index (χ1) is 8.10. The van der Waals surface area contributed by atoms with Crippen molar-refractivity contribution in [1.29, 1.82) is 0 Å². The molecule has 18 heavy (non-hydrogen) atoms. The second-order valence-corrected chi connectivity index (χ2v) is 6.96. The fourth-order valence-electron chi connectivity index (χ4n) is 3.26. The highest BCUT2D eigenvalue weighted by Crippen LogP contribution is 2.46. The zero-order valence-electron chi connectivity index (χ0n) is 12.2. The normalized spacial score (nSPS) is 29.7. The molecule has 106 valence electrons. The summed E-state index contributed by atoms with van der Waals surface area (Å²) in [6.45, 7) is 10.9. The molecule has 1 fully saturated rings. The number of aliphatic hydroxyl groups excluding tert-OH is 1. The number of aliphatic hydroxyl groups is 1. The number of carboxylic acid groups (broad SMARTS) is 1. The van der Waals surface area contributed by atoms with Crippen LogP contribution in [0.3, 0.4) is 0 Å². The van der Waals surface area contributed by atoms with E-state index < -0.39 is 17.7 Å². The maximum absolute atomic E-state index is 11.5. The van der Waals surface area contributed by atoms with Gasteiger partial charge < -0.3 is 15.1 Å². The molecular weight excluding hydrogens is 230 g/mol. The van der Waals surface area contributed by atoms with E-state index in [9.17, 15) is 15.0 Å². The smallest absolute Gasteiger partial charge is 0.407 e. The second kappa shape index (κ2) is 5.08. The van der Waals surface area contributed by atoms with Crippen LogP contribution in [0.15, 0.2) is 0 Å². The van der Waals surface area contributed by atoms with Crippen molar-refractivity contribution < 1.29 is 15.0 Å². The van der Waals surface area contributed by atoms with E-state index in [-0.39, 0.29) is 5.41 Å². The van der Waals surface area contributed by atoms with Gasteiger partial charge in [0, 0.05) is 6.54 Å². The highest BCUT2D eigenvalue weighted by Gasteiger charge is 2.52. The van der Waals surface area contributed by atoms with Gasteiger partial charge in [-0.3, -0.25) is 0 Å². The number of piperidine rings is 1. The van der Waals surface area contributed by atoms with Crippen molar-refractivity contribution in [2.75, 3.05) is 6.54 Å². The third-order valence-corrected chi connectivity index (χ3v) is 4.15. The monoisotopic (exact) mass is 257 g/mol. The average molecular weight is 257 g/mol. The van der Waals surface area contributed by atoms with Gasteiger partial charge in [-0.05, 0) is 30.6 Å². The molecule has 4 heteroatoms. The van der Waals surface area contributed by atoms with Crippen LogP contribution in [0.25, 0.3) is 0 Å². The first-order valence-corrected chi connectivity index (χ1v) is 6.79. The quantitative estimate of drug-likeness (QED) is 0.799. The first kappa shape index (κ1) is 15.3. The van der Waals surface area contributed by atoms with Gasteiger partial charge >= 0.3 is 6.09 Å². The van der Waals surface area contributed by atoms with E-state index in [2.05, 4.69) is 34.6 Å². The zero-order valence-corrected chi connectivity index (χ0v) is 12.2. The van der Waals surface area contributed by atoms with Crippen LogP contribution < -0.4 is 0 Å². The van der Waals surface area contributed by atoms with Crippen molar-refractivity contribution in [3.63, 3.8) is 0 Å². The number of rotatable bonds is 2. The van der Waals surface area contributed by atoms with Crippen LogP contribution in [0.2, 0.25) is 0 Å². The summed E-state index contributed by atoms with van der Waals surface area (Å²) in [6, 6.07) is 0. The largest absolute Gasteiger partial charge is 0.465 e. The summed E-state index contributed by atoms with van der Waals surface area (Å²) in [5.41, 5.74) is -0.651. The fraction of sp³-hybridized carbons (Fsp3) is 0.929. The van der Waals surface area contributed by atoms with Gasteiger partial charge in [-0.1, -0.05) is 34.6 Å². The predicted octanol–water partition coefficient (Wildman–Crippen LogP) is 2.95. The van der Waals surface area contributed by atoms with E-state index in [4.69, 9.17) is 0 Å². The van der Waals surface area contributed by atoms with Crippen LogP contribution in [0.1, 0.15) is 53.9 Å². The highest BCUT2D eigenvalue weighted by molar-refractivity contribution is 5.66. The minimum absolute atomic E-state index is 0.183.